The van der Waals surface area contributed by atoms with Gasteiger partial charge in [-0.25, -0.2) is 0 Å². The first-order valence-corrected chi connectivity index (χ1v) is 5.03. The maximum absolute atomic E-state index is 9.24. The van der Waals surface area contributed by atoms with E-state index < -0.39 is 6.10 Å². The van der Waals surface area contributed by atoms with Crippen LogP contribution in [0, 0.1) is 0 Å². The highest BCUT2D eigenvalue weighted by Gasteiger charge is 2.02. The smallest absolute Gasteiger partial charge is 0.0715 e. The first kappa shape index (κ1) is 10.0. The van der Waals surface area contributed by atoms with Crippen LogP contribution in [0.25, 0.3) is 0 Å². The fraction of sp³-hybridized carbons (Fsp3) is 0.333. The van der Waals surface area contributed by atoms with E-state index in [4.69, 9.17) is 11.6 Å². The minimum absolute atomic E-state index is 0.288. The van der Waals surface area contributed by atoms with E-state index in [0.29, 0.717) is 6.42 Å². The molecule has 66 valence electrons. The van der Waals surface area contributed by atoms with Crippen molar-refractivity contribution >= 4 is 27.5 Å². The van der Waals surface area contributed by atoms with E-state index in [1.54, 1.807) is 0 Å². The molecule has 0 aliphatic rings. The van der Waals surface area contributed by atoms with Crippen LogP contribution in [0.2, 0.25) is 0 Å². The van der Waals surface area contributed by atoms with Gasteiger partial charge in [0.1, 0.15) is 0 Å². The van der Waals surface area contributed by atoms with Crippen LogP contribution in [0.15, 0.2) is 28.7 Å². The van der Waals surface area contributed by atoms with Gasteiger partial charge in [0.25, 0.3) is 0 Å². The van der Waals surface area contributed by atoms with Crippen molar-refractivity contribution in [3.05, 3.63) is 34.3 Å². The summed E-state index contributed by atoms with van der Waals surface area (Å²) in [5.41, 5.74) is 1.10. The van der Waals surface area contributed by atoms with Gasteiger partial charge in [0.2, 0.25) is 0 Å². The molecule has 0 aliphatic heterocycles. The third-order valence-corrected chi connectivity index (χ3v) is 2.45. The van der Waals surface area contributed by atoms with Crippen LogP contribution in [0.3, 0.4) is 0 Å². The molecule has 0 heterocycles. The molecule has 1 atom stereocenters. The quantitative estimate of drug-likeness (QED) is 0.817. The highest BCUT2D eigenvalue weighted by Crippen LogP contribution is 2.12. The van der Waals surface area contributed by atoms with Crippen molar-refractivity contribution in [3.63, 3.8) is 0 Å². The van der Waals surface area contributed by atoms with Crippen LogP contribution in [-0.4, -0.2) is 17.1 Å². The topological polar surface area (TPSA) is 20.2 Å². The number of hydrogen-bond acceptors (Lipinski definition) is 1. The van der Waals surface area contributed by atoms with Gasteiger partial charge in [-0.3, -0.25) is 0 Å². The molecule has 1 unspecified atom stereocenters. The first-order valence-electron chi connectivity index (χ1n) is 3.71. The molecule has 1 nitrogen and oxygen atoms in total. The third kappa shape index (κ3) is 3.13. The van der Waals surface area contributed by atoms with Crippen molar-refractivity contribution in [3.8, 4) is 0 Å². The Bertz CT molecular complexity index is 235. The van der Waals surface area contributed by atoms with Crippen LogP contribution in [0.5, 0.6) is 0 Å². The Morgan fingerprint density at radius 3 is 2.42 bits per heavy atom. The van der Waals surface area contributed by atoms with Crippen LogP contribution in [0.1, 0.15) is 5.56 Å². The zero-order chi connectivity index (χ0) is 8.97. The van der Waals surface area contributed by atoms with Gasteiger partial charge >= 0.3 is 0 Å². The summed E-state index contributed by atoms with van der Waals surface area (Å²) in [7, 11) is 0. The lowest BCUT2D eigenvalue weighted by Gasteiger charge is -2.05. The van der Waals surface area contributed by atoms with E-state index in [1.807, 2.05) is 24.3 Å². The number of rotatable bonds is 3. The van der Waals surface area contributed by atoms with E-state index in [-0.39, 0.29) is 5.88 Å². The number of hydrogen-bond donors (Lipinski definition) is 1. The monoisotopic (exact) mass is 248 g/mol. The lowest BCUT2D eigenvalue weighted by Crippen LogP contribution is -2.11. The van der Waals surface area contributed by atoms with Gasteiger partial charge in [-0.15, -0.1) is 11.6 Å². The molecular formula is C9H10BrClO. The van der Waals surface area contributed by atoms with Crippen molar-refractivity contribution in [2.24, 2.45) is 0 Å². The van der Waals surface area contributed by atoms with Crippen molar-refractivity contribution < 1.29 is 5.11 Å². The van der Waals surface area contributed by atoms with E-state index >= 15 is 0 Å². The third-order valence-electron chi connectivity index (χ3n) is 1.56. The molecule has 12 heavy (non-hydrogen) atoms. The Kier molecular flexibility index (Phi) is 4.06. The van der Waals surface area contributed by atoms with Crippen molar-refractivity contribution in [2.45, 2.75) is 12.5 Å². The second-order valence-corrected chi connectivity index (χ2v) is 3.86. The van der Waals surface area contributed by atoms with Crippen LogP contribution >= 0.6 is 27.5 Å². The van der Waals surface area contributed by atoms with Gasteiger partial charge in [-0.2, -0.15) is 0 Å². The molecule has 0 bridgehead atoms. The fourth-order valence-corrected chi connectivity index (χ4v) is 1.32. The molecule has 0 saturated carbocycles. The number of aliphatic hydroxyl groups is 1. The number of aliphatic hydroxyl groups excluding tert-OH is 1. The fourth-order valence-electron chi connectivity index (χ4n) is 0.947. The Morgan fingerprint density at radius 1 is 1.33 bits per heavy atom. The van der Waals surface area contributed by atoms with Gasteiger partial charge in [0.05, 0.1) is 6.10 Å². The van der Waals surface area contributed by atoms with Gasteiger partial charge in [0, 0.05) is 10.4 Å². The minimum atomic E-state index is -0.437. The summed E-state index contributed by atoms with van der Waals surface area (Å²) < 4.78 is 1.05. The predicted molar refractivity (Wildman–Crippen MR) is 54.6 cm³/mol. The molecule has 1 rings (SSSR count). The van der Waals surface area contributed by atoms with E-state index in [1.165, 1.54) is 0 Å². The maximum atomic E-state index is 9.24. The van der Waals surface area contributed by atoms with Gasteiger partial charge in [-0.1, -0.05) is 28.1 Å². The summed E-state index contributed by atoms with van der Waals surface area (Å²) in [5, 5.41) is 9.24. The molecule has 0 aromatic heterocycles. The normalized spacial score (nSPS) is 12.9. The average Bonchev–Trinajstić information content (AvgIpc) is 2.09. The van der Waals surface area contributed by atoms with Crippen LogP contribution < -0.4 is 0 Å². The molecule has 0 saturated heterocycles. The molecule has 1 N–H and O–H groups in total. The predicted octanol–water partition coefficient (Wildman–Crippen LogP) is 2.59. The van der Waals surface area contributed by atoms with Crippen LogP contribution in [-0.2, 0) is 6.42 Å². The number of benzene rings is 1. The molecule has 1 aromatic carbocycles. The molecule has 0 aliphatic carbocycles. The molecule has 0 amide bonds. The lowest BCUT2D eigenvalue weighted by molar-refractivity contribution is 0.199. The van der Waals surface area contributed by atoms with E-state index in [9.17, 15) is 5.11 Å². The van der Waals surface area contributed by atoms with Gasteiger partial charge in [0.15, 0.2) is 0 Å². The Morgan fingerprint density at radius 2 is 1.92 bits per heavy atom. The minimum Gasteiger partial charge on any atom is -0.392 e. The molecular weight excluding hydrogens is 239 g/mol. The molecule has 0 spiro atoms. The number of alkyl halides is 1. The second-order valence-electron chi connectivity index (χ2n) is 2.64. The second kappa shape index (κ2) is 4.85. The zero-order valence-corrected chi connectivity index (χ0v) is 8.85. The standard InChI is InChI=1S/C9H10BrClO/c10-8-3-1-7(2-4-8)5-9(12)6-11/h1-4,9,12H,5-6H2. The van der Waals surface area contributed by atoms with Crippen molar-refractivity contribution in [1.29, 1.82) is 0 Å². The maximum Gasteiger partial charge on any atom is 0.0715 e. The summed E-state index contributed by atoms with van der Waals surface area (Å²) >= 11 is 8.81. The molecule has 0 radical (unpaired) electrons. The Hall–Kier alpha value is -0.0500. The van der Waals surface area contributed by atoms with E-state index in [0.717, 1.165) is 10.0 Å². The van der Waals surface area contributed by atoms with Crippen molar-refractivity contribution in [1.82, 2.24) is 0 Å². The summed E-state index contributed by atoms with van der Waals surface area (Å²) in [6.45, 7) is 0. The first-order chi connectivity index (χ1) is 5.72. The highest BCUT2D eigenvalue weighted by atomic mass is 79.9. The highest BCUT2D eigenvalue weighted by molar-refractivity contribution is 9.10. The number of halogens is 2. The van der Waals surface area contributed by atoms with Crippen LogP contribution in [0.4, 0.5) is 0 Å². The van der Waals surface area contributed by atoms with Gasteiger partial charge < -0.3 is 5.11 Å². The summed E-state index contributed by atoms with van der Waals surface area (Å²) in [6.07, 6.45) is 0.185. The average molecular weight is 250 g/mol. The molecule has 1 aromatic rings. The molecule has 0 fully saturated rings. The summed E-state index contributed by atoms with van der Waals surface area (Å²) in [4.78, 5) is 0. The summed E-state index contributed by atoms with van der Waals surface area (Å²) in [5.74, 6) is 0.288. The van der Waals surface area contributed by atoms with E-state index in [2.05, 4.69) is 15.9 Å². The molecule has 3 heteroatoms. The van der Waals surface area contributed by atoms with Crippen molar-refractivity contribution in [2.75, 3.05) is 5.88 Å². The SMILES string of the molecule is OC(CCl)Cc1ccc(Br)cc1. The largest absolute Gasteiger partial charge is 0.392 e. The van der Waals surface area contributed by atoms with Gasteiger partial charge in [-0.05, 0) is 24.1 Å². The zero-order valence-electron chi connectivity index (χ0n) is 6.50. The lowest BCUT2D eigenvalue weighted by atomic mass is 10.1. The summed E-state index contributed by atoms with van der Waals surface area (Å²) in [6, 6.07) is 7.85. The Balaban J connectivity index is 2.58. The Labute approximate surface area is 85.5 Å².